The Balaban J connectivity index is 3.45. The van der Waals surface area contributed by atoms with Gasteiger partial charge in [-0.15, -0.1) is 0 Å². The predicted molar refractivity (Wildman–Crippen MR) is 62.1 cm³/mol. The van der Waals surface area contributed by atoms with Crippen LogP contribution in [0.15, 0.2) is 0 Å². The summed E-state index contributed by atoms with van der Waals surface area (Å²) in [4.78, 5) is 12.7. The van der Waals surface area contributed by atoms with Gasteiger partial charge in [0.05, 0.1) is 0 Å². The monoisotopic (exact) mass is 216 g/mol. The van der Waals surface area contributed by atoms with E-state index in [9.17, 15) is 4.79 Å². The fraction of sp³-hybridized carbons (Fsp3) is 0.909. The van der Waals surface area contributed by atoms with Gasteiger partial charge in [0.1, 0.15) is 0 Å². The lowest BCUT2D eigenvalue weighted by Crippen LogP contribution is -2.36. The molecule has 0 aromatic carbocycles. The van der Waals surface area contributed by atoms with E-state index in [4.69, 9.17) is 5.11 Å². The van der Waals surface area contributed by atoms with Gasteiger partial charge in [-0.25, -0.2) is 0 Å². The minimum atomic E-state index is -0.715. The number of nitrogens with one attached hydrogen (secondary N) is 1. The maximum absolute atomic E-state index is 10.3. The highest BCUT2D eigenvalue weighted by Gasteiger charge is 2.05. The summed E-state index contributed by atoms with van der Waals surface area (Å²) >= 11 is 0. The second-order valence-corrected chi connectivity index (χ2v) is 3.81. The molecule has 0 spiro atoms. The van der Waals surface area contributed by atoms with Crippen LogP contribution in [-0.4, -0.2) is 48.2 Å². The highest BCUT2D eigenvalue weighted by atomic mass is 16.4. The smallest absolute Gasteiger partial charge is 0.303 e. The van der Waals surface area contributed by atoms with Crippen LogP contribution < -0.4 is 5.32 Å². The van der Waals surface area contributed by atoms with Crippen LogP contribution in [0.25, 0.3) is 0 Å². The van der Waals surface area contributed by atoms with Gasteiger partial charge >= 0.3 is 5.97 Å². The number of aliphatic carboxylic acids is 1. The van der Waals surface area contributed by atoms with E-state index in [1.165, 1.54) is 0 Å². The molecule has 90 valence electrons. The van der Waals surface area contributed by atoms with Gasteiger partial charge in [0, 0.05) is 25.6 Å². The molecule has 4 nitrogen and oxygen atoms in total. The molecule has 0 fully saturated rings. The Morgan fingerprint density at radius 3 is 2.47 bits per heavy atom. The molecule has 0 aliphatic heterocycles. The van der Waals surface area contributed by atoms with E-state index in [-0.39, 0.29) is 12.5 Å². The van der Waals surface area contributed by atoms with Crippen molar-refractivity contribution >= 4 is 5.97 Å². The zero-order valence-corrected chi connectivity index (χ0v) is 10.1. The van der Waals surface area contributed by atoms with Crippen molar-refractivity contribution in [2.45, 2.75) is 39.7 Å². The predicted octanol–water partition coefficient (Wildman–Crippen LogP) is 1.17. The van der Waals surface area contributed by atoms with E-state index in [0.29, 0.717) is 6.42 Å². The van der Waals surface area contributed by atoms with Crippen LogP contribution >= 0.6 is 0 Å². The molecule has 4 heteroatoms. The van der Waals surface area contributed by atoms with Crippen molar-refractivity contribution in [1.29, 1.82) is 0 Å². The lowest BCUT2D eigenvalue weighted by atomic mass is 10.2. The number of nitrogens with zero attached hydrogens (tertiary/aromatic N) is 1. The average molecular weight is 216 g/mol. The quantitative estimate of drug-likeness (QED) is 0.607. The van der Waals surface area contributed by atoms with E-state index in [0.717, 1.165) is 26.2 Å². The van der Waals surface area contributed by atoms with Crippen LogP contribution in [0.2, 0.25) is 0 Å². The second-order valence-electron chi connectivity index (χ2n) is 3.81. The molecule has 1 atom stereocenters. The summed E-state index contributed by atoms with van der Waals surface area (Å²) in [5.41, 5.74) is 0. The third-order valence-corrected chi connectivity index (χ3v) is 2.61. The van der Waals surface area contributed by atoms with Crippen LogP contribution in [0.3, 0.4) is 0 Å². The molecular formula is C11H24N2O2. The zero-order chi connectivity index (χ0) is 11.7. The number of hydrogen-bond acceptors (Lipinski definition) is 3. The lowest BCUT2D eigenvalue weighted by Gasteiger charge is -2.20. The summed E-state index contributed by atoms with van der Waals surface area (Å²) in [5, 5.41) is 11.8. The first-order chi connectivity index (χ1) is 7.10. The third-order valence-electron chi connectivity index (χ3n) is 2.61. The highest BCUT2D eigenvalue weighted by molar-refractivity contribution is 5.66. The van der Waals surface area contributed by atoms with Crippen molar-refractivity contribution < 1.29 is 9.90 Å². The van der Waals surface area contributed by atoms with E-state index >= 15 is 0 Å². The van der Waals surface area contributed by atoms with Gasteiger partial charge in [-0.2, -0.15) is 0 Å². The first-order valence-electron chi connectivity index (χ1n) is 5.77. The standard InChI is InChI=1S/C11H24N2O2/c1-4-13(5-2)9-8-12-10(3)6-7-11(14)15/h10,12H,4-9H2,1-3H3,(H,14,15). The summed E-state index contributed by atoms with van der Waals surface area (Å²) in [6.07, 6.45) is 0.951. The van der Waals surface area contributed by atoms with Crippen molar-refractivity contribution in [3.63, 3.8) is 0 Å². The zero-order valence-electron chi connectivity index (χ0n) is 10.1. The Morgan fingerprint density at radius 2 is 2.00 bits per heavy atom. The molecule has 0 radical (unpaired) electrons. The molecule has 0 rings (SSSR count). The van der Waals surface area contributed by atoms with Crippen molar-refractivity contribution in [2.24, 2.45) is 0 Å². The van der Waals surface area contributed by atoms with E-state index in [2.05, 4.69) is 24.1 Å². The number of carboxylic acid groups (broad SMARTS) is 1. The summed E-state index contributed by atoms with van der Waals surface area (Å²) in [5.74, 6) is -0.715. The van der Waals surface area contributed by atoms with Crippen LogP contribution in [-0.2, 0) is 4.79 Å². The third kappa shape index (κ3) is 8.39. The number of carbonyl (C=O) groups is 1. The first-order valence-corrected chi connectivity index (χ1v) is 5.77. The van der Waals surface area contributed by atoms with E-state index in [1.807, 2.05) is 6.92 Å². The van der Waals surface area contributed by atoms with Crippen molar-refractivity contribution in [3.05, 3.63) is 0 Å². The topological polar surface area (TPSA) is 52.6 Å². The van der Waals surface area contributed by atoms with Gasteiger partial charge in [0.15, 0.2) is 0 Å². The van der Waals surface area contributed by atoms with Crippen molar-refractivity contribution in [3.8, 4) is 0 Å². The number of rotatable bonds is 9. The summed E-state index contributed by atoms with van der Waals surface area (Å²) in [7, 11) is 0. The van der Waals surface area contributed by atoms with E-state index < -0.39 is 5.97 Å². The first kappa shape index (κ1) is 14.4. The Bertz CT molecular complexity index is 170. The van der Waals surface area contributed by atoms with Gasteiger partial charge < -0.3 is 15.3 Å². The largest absolute Gasteiger partial charge is 0.481 e. The fourth-order valence-corrected chi connectivity index (χ4v) is 1.45. The Kier molecular flexibility index (Phi) is 8.33. The maximum atomic E-state index is 10.3. The molecule has 0 aliphatic rings. The Hall–Kier alpha value is -0.610. The van der Waals surface area contributed by atoms with Crippen LogP contribution in [0.5, 0.6) is 0 Å². The fourth-order valence-electron chi connectivity index (χ4n) is 1.45. The maximum Gasteiger partial charge on any atom is 0.303 e. The molecule has 0 bridgehead atoms. The molecule has 0 heterocycles. The molecule has 0 aromatic heterocycles. The van der Waals surface area contributed by atoms with Gasteiger partial charge in [-0.3, -0.25) is 4.79 Å². The summed E-state index contributed by atoms with van der Waals surface area (Å²) in [6.45, 7) is 10.4. The van der Waals surface area contributed by atoms with Crippen LogP contribution in [0.1, 0.15) is 33.6 Å². The van der Waals surface area contributed by atoms with Crippen LogP contribution in [0.4, 0.5) is 0 Å². The lowest BCUT2D eigenvalue weighted by molar-refractivity contribution is -0.137. The minimum Gasteiger partial charge on any atom is -0.481 e. The summed E-state index contributed by atoms with van der Waals surface area (Å²) in [6, 6.07) is 0.289. The molecule has 0 saturated heterocycles. The number of hydrogen-bond donors (Lipinski definition) is 2. The SMILES string of the molecule is CCN(CC)CCNC(C)CCC(=O)O. The Morgan fingerprint density at radius 1 is 1.40 bits per heavy atom. The average Bonchev–Trinajstić information content (AvgIpc) is 2.21. The number of carboxylic acids is 1. The van der Waals surface area contributed by atoms with Gasteiger partial charge in [-0.1, -0.05) is 13.8 Å². The molecule has 0 aliphatic carbocycles. The van der Waals surface area contributed by atoms with Crippen molar-refractivity contribution in [1.82, 2.24) is 10.2 Å². The molecule has 0 saturated carbocycles. The van der Waals surface area contributed by atoms with Gasteiger partial charge in [-0.05, 0) is 26.4 Å². The number of likely N-dealkylation sites (N-methyl/N-ethyl adjacent to an activating group) is 1. The normalized spacial score (nSPS) is 13.1. The van der Waals surface area contributed by atoms with Crippen LogP contribution in [0, 0.1) is 0 Å². The molecule has 0 aromatic rings. The molecule has 1 unspecified atom stereocenters. The molecule has 0 amide bonds. The summed E-state index contributed by atoms with van der Waals surface area (Å²) < 4.78 is 0. The highest BCUT2D eigenvalue weighted by Crippen LogP contribution is 1.96. The van der Waals surface area contributed by atoms with Gasteiger partial charge in [0.2, 0.25) is 0 Å². The second kappa shape index (κ2) is 8.68. The molecular weight excluding hydrogens is 192 g/mol. The Labute approximate surface area is 92.7 Å². The van der Waals surface area contributed by atoms with Gasteiger partial charge in [0.25, 0.3) is 0 Å². The van der Waals surface area contributed by atoms with Crippen molar-refractivity contribution in [2.75, 3.05) is 26.2 Å². The minimum absolute atomic E-state index is 0.249. The van der Waals surface area contributed by atoms with E-state index in [1.54, 1.807) is 0 Å². The molecule has 15 heavy (non-hydrogen) atoms. The molecule has 2 N–H and O–H groups in total.